The summed E-state index contributed by atoms with van der Waals surface area (Å²) in [5.41, 5.74) is 9.95. The van der Waals surface area contributed by atoms with E-state index in [9.17, 15) is 0 Å². The molecule has 0 unspecified atom stereocenters. The van der Waals surface area contributed by atoms with Crippen LogP contribution in [-0.4, -0.2) is 24.5 Å². The van der Waals surface area contributed by atoms with Gasteiger partial charge in [-0.15, -0.1) is 0 Å². The van der Waals surface area contributed by atoms with Crippen molar-refractivity contribution in [3.8, 4) is 62.2 Å². The second kappa shape index (κ2) is 14.2. The lowest BCUT2D eigenvalue weighted by Crippen LogP contribution is -2.27. The van der Waals surface area contributed by atoms with E-state index in [1.807, 2.05) is 97.2 Å². The molecular weight excluding hydrogens is 699 g/mol. The zero-order chi connectivity index (χ0) is 38.3. The third-order valence-corrected chi connectivity index (χ3v) is 10.4. The first-order chi connectivity index (χ1) is 28.2. The van der Waals surface area contributed by atoms with E-state index < -0.39 is 0 Å². The summed E-state index contributed by atoms with van der Waals surface area (Å²) in [6, 6.07) is 53.5. The molecule has 0 aliphatic rings. The maximum atomic E-state index is 6.73. The van der Waals surface area contributed by atoms with Gasteiger partial charge in [-0.05, 0) is 61.0 Å². The number of allylic oxidation sites excluding steroid dienone is 1. The summed E-state index contributed by atoms with van der Waals surface area (Å²) >= 11 is 0. The Morgan fingerprint density at radius 1 is 0.561 bits per heavy atom. The molecule has 10 rings (SSSR count). The standard InChI is InChI=1S/C51H35N5O/c1-3-17-43-39(4-2)40-28-29-44-46(48(40)56(43)38-24-15-8-16-25-38)41-27-26-36(31-45(41)57-44)47-42(30-37(32-52-47)33-18-9-5-10-19-33)51-54-49(34-20-11-6-12-21-34)53-50(55-51)35-22-13-7-14-23-35/h3-32H,1H2,2H3/b39-4-,43-17+. The molecule has 6 heteroatoms. The van der Waals surface area contributed by atoms with Crippen molar-refractivity contribution in [1.82, 2.24) is 24.5 Å². The maximum Gasteiger partial charge on any atom is 0.166 e. The average molecular weight is 734 g/mol. The summed E-state index contributed by atoms with van der Waals surface area (Å²) in [5.74, 6) is 1.71. The normalized spacial score (nSPS) is 12.2. The number of pyridine rings is 1. The van der Waals surface area contributed by atoms with Gasteiger partial charge in [0.15, 0.2) is 17.5 Å². The highest BCUT2D eigenvalue weighted by molar-refractivity contribution is 6.18. The third-order valence-electron chi connectivity index (χ3n) is 10.4. The van der Waals surface area contributed by atoms with Gasteiger partial charge in [0.05, 0.1) is 21.9 Å². The number of nitrogens with zero attached hydrogens (tertiary/aromatic N) is 5. The van der Waals surface area contributed by atoms with Gasteiger partial charge in [-0.1, -0.05) is 134 Å². The van der Waals surface area contributed by atoms with E-state index in [1.165, 1.54) is 0 Å². The Morgan fingerprint density at radius 2 is 1.16 bits per heavy atom. The summed E-state index contributed by atoms with van der Waals surface area (Å²) in [5, 5.41) is 5.43. The monoisotopic (exact) mass is 733 g/mol. The first kappa shape index (κ1) is 33.8. The molecular formula is C51H35N5O. The molecule has 57 heavy (non-hydrogen) atoms. The predicted octanol–water partition coefficient (Wildman–Crippen LogP) is 11.2. The molecule has 0 aliphatic carbocycles. The zero-order valence-electron chi connectivity index (χ0n) is 31.2. The second-order valence-corrected chi connectivity index (χ2v) is 13.8. The molecule has 270 valence electrons. The van der Waals surface area contributed by atoms with E-state index in [2.05, 4.69) is 103 Å². The highest BCUT2D eigenvalue weighted by Crippen LogP contribution is 2.39. The van der Waals surface area contributed by atoms with E-state index in [0.717, 1.165) is 88.2 Å². The van der Waals surface area contributed by atoms with Crippen molar-refractivity contribution in [2.45, 2.75) is 6.92 Å². The van der Waals surface area contributed by atoms with Crippen LogP contribution in [0.4, 0.5) is 0 Å². The minimum atomic E-state index is 0.532. The molecule has 6 nitrogen and oxygen atoms in total. The minimum Gasteiger partial charge on any atom is -0.456 e. The maximum absolute atomic E-state index is 6.73. The Hall–Kier alpha value is -7.70. The fraction of sp³-hybridized carbons (Fsp3) is 0.0196. The molecule has 4 heterocycles. The van der Waals surface area contributed by atoms with Crippen LogP contribution in [0, 0.1) is 0 Å². The lowest BCUT2D eigenvalue weighted by Gasteiger charge is -2.13. The average Bonchev–Trinajstić information content (AvgIpc) is 3.82. The van der Waals surface area contributed by atoms with Crippen LogP contribution in [0.15, 0.2) is 181 Å². The number of hydrogen-bond acceptors (Lipinski definition) is 5. The van der Waals surface area contributed by atoms with Crippen LogP contribution >= 0.6 is 0 Å². The van der Waals surface area contributed by atoms with Crippen molar-refractivity contribution in [3.63, 3.8) is 0 Å². The number of furan rings is 1. The van der Waals surface area contributed by atoms with E-state index in [4.69, 9.17) is 24.4 Å². The fourth-order valence-electron chi connectivity index (χ4n) is 7.83. The molecule has 0 radical (unpaired) electrons. The van der Waals surface area contributed by atoms with Gasteiger partial charge in [0.1, 0.15) is 11.2 Å². The largest absolute Gasteiger partial charge is 0.456 e. The number of aromatic nitrogens is 5. The molecule has 0 saturated heterocycles. The van der Waals surface area contributed by atoms with Crippen molar-refractivity contribution in [2.75, 3.05) is 0 Å². The predicted molar refractivity (Wildman–Crippen MR) is 233 cm³/mol. The molecule has 0 bridgehead atoms. The Kier molecular flexibility index (Phi) is 8.42. The Morgan fingerprint density at radius 3 is 1.79 bits per heavy atom. The van der Waals surface area contributed by atoms with Crippen molar-refractivity contribution in [2.24, 2.45) is 0 Å². The van der Waals surface area contributed by atoms with Crippen LogP contribution in [0.2, 0.25) is 0 Å². The Labute approximate surface area is 329 Å². The van der Waals surface area contributed by atoms with Gasteiger partial charge in [0.2, 0.25) is 0 Å². The minimum absolute atomic E-state index is 0.532. The summed E-state index contributed by atoms with van der Waals surface area (Å²) in [6.07, 6.45) is 8.02. The van der Waals surface area contributed by atoms with E-state index in [0.29, 0.717) is 17.5 Å². The van der Waals surface area contributed by atoms with E-state index >= 15 is 0 Å². The molecule has 10 aromatic rings. The fourth-order valence-corrected chi connectivity index (χ4v) is 7.83. The highest BCUT2D eigenvalue weighted by Gasteiger charge is 2.21. The van der Waals surface area contributed by atoms with Crippen LogP contribution in [0.25, 0.3) is 107 Å². The van der Waals surface area contributed by atoms with Gasteiger partial charge < -0.3 is 8.98 Å². The van der Waals surface area contributed by atoms with Crippen LogP contribution in [0.3, 0.4) is 0 Å². The second-order valence-electron chi connectivity index (χ2n) is 13.8. The SMILES string of the molecule is C=C/C=c1\c(=C/C)c2ccc3oc4cc(-c5ncc(-c6ccccc6)cc5-c5nc(-c6ccccc6)nc(-c6ccccc6)n5)ccc4c3c2n1-c1ccccc1. The highest BCUT2D eigenvalue weighted by atomic mass is 16.3. The van der Waals surface area contributed by atoms with Crippen LogP contribution in [0.5, 0.6) is 0 Å². The third kappa shape index (κ3) is 5.92. The van der Waals surface area contributed by atoms with Crippen LogP contribution < -0.4 is 10.6 Å². The summed E-state index contributed by atoms with van der Waals surface area (Å²) in [4.78, 5) is 20.4. The van der Waals surface area contributed by atoms with Crippen molar-refractivity contribution >= 4 is 45.0 Å². The van der Waals surface area contributed by atoms with Gasteiger partial charge >= 0.3 is 0 Å². The summed E-state index contributed by atoms with van der Waals surface area (Å²) < 4.78 is 9.04. The lowest BCUT2D eigenvalue weighted by atomic mass is 9.99. The van der Waals surface area contributed by atoms with Gasteiger partial charge in [-0.25, -0.2) is 15.0 Å². The van der Waals surface area contributed by atoms with E-state index in [1.54, 1.807) is 0 Å². The molecule has 6 aromatic carbocycles. The van der Waals surface area contributed by atoms with E-state index in [-0.39, 0.29) is 0 Å². The number of fused-ring (bicyclic) bond motifs is 5. The van der Waals surface area contributed by atoms with Gasteiger partial charge in [0.25, 0.3) is 0 Å². The van der Waals surface area contributed by atoms with Crippen molar-refractivity contribution in [1.29, 1.82) is 0 Å². The zero-order valence-corrected chi connectivity index (χ0v) is 31.2. The quantitative estimate of drug-likeness (QED) is 0.163. The van der Waals surface area contributed by atoms with Gasteiger partial charge in [-0.3, -0.25) is 4.98 Å². The molecule has 0 aliphatic heterocycles. The number of benzene rings is 6. The Balaban J connectivity index is 1.22. The molecule has 0 atom stereocenters. The topological polar surface area (TPSA) is 69.6 Å². The summed E-state index contributed by atoms with van der Waals surface area (Å²) in [6.45, 7) is 6.13. The van der Waals surface area contributed by atoms with Crippen LogP contribution in [0.1, 0.15) is 6.92 Å². The first-order valence-corrected chi connectivity index (χ1v) is 19.0. The first-order valence-electron chi connectivity index (χ1n) is 19.0. The molecule has 0 amide bonds. The summed E-state index contributed by atoms with van der Waals surface area (Å²) in [7, 11) is 0. The number of para-hydroxylation sites is 1. The molecule has 0 fully saturated rings. The molecule has 4 aromatic heterocycles. The number of hydrogen-bond donors (Lipinski definition) is 0. The van der Waals surface area contributed by atoms with Gasteiger partial charge in [-0.2, -0.15) is 0 Å². The molecule has 0 spiro atoms. The lowest BCUT2D eigenvalue weighted by molar-refractivity contribution is 0.669. The smallest absolute Gasteiger partial charge is 0.166 e. The van der Waals surface area contributed by atoms with Crippen molar-refractivity contribution < 1.29 is 4.42 Å². The van der Waals surface area contributed by atoms with Crippen LogP contribution in [-0.2, 0) is 0 Å². The number of rotatable bonds is 7. The molecule has 0 N–H and O–H groups in total. The van der Waals surface area contributed by atoms with Crippen molar-refractivity contribution in [3.05, 3.63) is 187 Å². The molecule has 0 saturated carbocycles. The van der Waals surface area contributed by atoms with Gasteiger partial charge in [0, 0.05) is 55.7 Å². The Bertz CT molecular complexity index is 3190.